The van der Waals surface area contributed by atoms with E-state index in [2.05, 4.69) is 14.1 Å². The second kappa shape index (κ2) is 7.63. The number of hydrogen-bond acceptors (Lipinski definition) is 3. The Morgan fingerprint density at radius 3 is 2.48 bits per heavy atom. The van der Waals surface area contributed by atoms with Crippen LogP contribution in [0.2, 0.25) is 0 Å². The van der Waals surface area contributed by atoms with Crippen molar-refractivity contribution in [1.82, 2.24) is 0 Å². The topological polar surface area (TPSA) is 46.5 Å². The highest BCUT2D eigenvalue weighted by Crippen LogP contribution is 2.41. The summed E-state index contributed by atoms with van der Waals surface area (Å²) in [6.45, 7) is 2.10. The maximum Gasteiger partial charge on any atom is 0.306 e. The van der Waals surface area contributed by atoms with Crippen LogP contribution >= 0.6 is 0 Å². The number of carbonyl (C=O) groups is 1. The maximum atomic E-state index is 12.5. The van der Waals surface area contributed by atoms with Gasteiger partial charge in [0, 0.05) is 18.8 Å². The molecule has 2 fully saturated rings. The third-order valence-corrected chi connectivity index (χ3v) is 6.47. The van der Waals surface area contributed by atoms with Crippen LogP contribution in [0.25, 0.3) is 0 Å². The van der Waals surface area contributed by atoms with Gasteiger partial charge in [0.2, 0.25) is 0 Å². The van der Waals surface area contributed by atoms with Crippen molar-refractivity contribution in [2.24, 2.45) is 11.8 Å². The Hall–Kier alpha value is -1.13. The fourth-order valence-electron chi connectivity index (χ4n) is 4.70. The summed E-state index contributed by atoms with van der Waals surface area (Å²) in [6.07, 6.45) is 15.7. The Balaban J connectivity index is 1.57. The molecule has 2 unspecified atom stereocenters. The molecule has 1 aliphatic heterocycles. The van der Waals surface area contributed by atoms with Crippen LogP contribution in [0.1, 0.15) is 51.4 Å². The summed E-state index contributed by atoms with van der Waals surface area (Å²) >= 11 is 0. The molecule has 140 valence electrons. The minimum atomic E-state index is -0.889. The lowest BCUT2D eigenvalue weighted by Gasteiger charge is -2.42. The molecular formula is C21H34NO3+. The minimum Gasteiger partial charge on any atom is -0.462 e. The number of rotatable bonds is 4. The highest BCUT2D eigenvalue weighted by Gasteiger charge is 2.43. The average Bonchev–Trinajstić information content (AvgIpc) is 2.60. The molecule has 1 saturated carbocycles. The third kappa shape index (κ3) is 4.53. The number of hydrogen-bond donors (Lipinski definition) is 1. The normalized spacial score (nSPS) is 33.3. The lowest BCUT2D eigenvalue weighted by atomic mass is 9.68. The Kier molecular flexibility index (Phi) is 5.69. The van der Waals surface area contributed by atoms with Gasteiger partial charge in [-0.3, -0.25) is 4.79 Å². The molecule has 1 saturated heterocycles. The number of carbonyl (C=O) groups excluding carboxylic acids is 1. The number of ether oxygens (including phenoxy) is 1. The van der Waals surface area contributed by atoms with Gasteiger partial charge in [-0.15, -0.1) is 0 Å². The van der Waals surface area contributed by atoms with Crippen molar-refractivity contribution >= 4 is 5.97 Å². The van der Waals surface area contributed by atoms with Crippen molar-refractivity contribution in [3.05, 3.63) is 24.3 Å². The second-order valence-corrected chi connectivity index (χ2v) is 8.85. The number of nitrogens with zero attached hydrogens (tertiary/aromatic N) is 1. The van der Waals surface area contributed by atoms with Crippen LogP contribution in [0, 0.1) is 11.8 Å². The van der Waals surface area contributed by atoms with Gasteiger partial charge in [-0.25, -0.2) is 0 Å². The van der Waals surface area contributed by atoms with Gasteiger partial charge < -0.3 is 14.3 Å². The van der Waals surface area contributed by atoms with Crippen LogP contribution in [-0.2, 0) is 9.53 Å². The Labute approximate surface area is 152 Å². The summed E-state index contributed by atoms with van der Waals surface area (Å²) in [5, 5.41) is 11.3. The molecule has 3 rings (SSSR count). The molecule has 0 radical (unpaired) electrons. The molecule has 3 aliphatic rings. The van der Waals surface area contributed by atoms with Crippen molar-refractivity contribution in [3.63, 3.8) is 0 Å². The van der Waals surface area contributed by atoms with Gasteiger partial charge in [-0.2, -0.15) is 0 Å². The first-order valence-corrected chi connectivity index (χ1v) is 9.99. The van der Waals surface area contributed by atoms with E-state index in [1.807, 2.05) is 24.3 Å². The predicted molar refractivity (Wildman–Crippen MR) is 98.9 cm³/mol. The van der Waals surface area contributed by atoms with E-state index in [0.29, 0.717) is 0 Å². The summed E-state index contributed by atoms with van der Waals surface area (Å²) in [4.78, 5) is 12.5. The molecule has 0 bridgehead atoms. The number of aliphatic hydroxyl groups is 1. The summed E-state index contributed by atoms with van der Waals surface area (Å²) in [5.41, 5.74) is -0.889. The molecule has 1 N–H and O–H groups in total. The molecule has 4 heteroatoms. The molecule has 0 amide bonds. The van der Waals surface area contributed by atoms with E-state index in [9.17, 15) is 9.90 Å². The van der Waals surface area contributed by atoms with Gasteiger partial charge in [0.1, 0.15) is 6.10 Å². The van der Waals surface area contributed by atoms with E-state index in [4.69, 9.17) is 4.74 Å². The first-order valence-electron chi connectivity index (χ1n) is 9.99. The van der Waals surface area contributed by atoms with Crippen LogP contribution in [0.3, 0.4) is 0 Å². The highest BCUT2D eigenvalue weighted by molar-refractivity contribution is 5.70. The van der Waals surface area contributed by atoms with Crippen LogP contribution in [0.15, 0.2) is 24.3 Å². The number of esters is 1. The van der Waals surface area contributed by atoms with Crippen molar-refractivity contribution in [2.45, 2.75) is 63.1 Å². The molecule has 0 aromatic carbocycles. The molecule has 0 aromatic heterocycles. The molecule has 0 aromatic rings. The minimum absolute atomic E-state index is 0.0459. The van der Waals surface area contributed by atoms with E-state index in [0.717, 1.165) is 43.3 Å². The fourth-order valence-corrected chi connectivity index (χ4v) is 4.70. The van der Waals surface area contributed by atoms with E-state index < -0.39 is 5.60 Å². The molecule has 2 aliphatic carbocycles. The first-order chi connectivity index (χ1) is 11.9. The van der Waals surface area contributed by atoms with Crippen molar-refractivity contribution in [2.75, 3.05) is 27.2 Å². The molecule has 2 atom stereocenters. The molecule has 1 heterocycles. The van der Waals surface area contributed by atoms with Gasteiger partial charge in [0.15, 0.2) is 0 Å². The smallest absolute Gasteiger partial charge is 0.306 e. The number of allylic oxidation sites excluding steroid dienone is 2. The molecule has 0 spiro atoms. The predicted octanol–water partition coefficient (Wildman–Crippen LogP) is 3.21. The van der Waals surface area contributed by atoms with E-state index in [1.54, 1.807) is 0 Å². The number of likely N-dealkylation sites (tertiary alicyclic amines) is 1. The summed E-state index contributed by atoms with van der Waals surface area (Å²) in [5.74, 6) is -0.0617. The third-order valence-electron chi connectivity index (χ3n) is 6.47. The van der Waals surface area contributed by atoms with E-state index >= 15 is 0 Å². The fraction of sp³-hybridized carbons (Fsp3) is 0.762. The largest absolute Gasteiger partial charge is 0.462 e. The monoisotopic (exact) mass is 348 g/mol. The van der Waals surface area contributed by atoms with E-state index in [-0.39, 0.29) is 30.3 Å². The number of quaternary nitrogens is 1. The summed E-state index contributed by atoms with van der Waals surface area (Å²) in [6, 6.07) is 0. The van der Waals surface area contributed by atoms with Crippen LogP contribution < -0.4 is 0 Å². The molecule has 4 nitrogen and oxygen atoms in total. The first kappa shape index (κ1) is 18.7. The number of piperidine rings is 1. The maximum absolute atomic E-state index is 12.5. The standard InChI is InChI=1S/C21H34NO3/c1-22(2)14-11-19(12-15-22)25-20(23)16-18-10-6-7-13-21(18,24)17-8-4-3-5-9-17/h6-7,10,13,17-19,24H,3-5,8-9,11-12,14-16H2,1-2H3/q+1. The van der Waals surface area contributed by atoms with Crippen molar-refractivity contribution < 1.29 is 19.1 Å². The van der Waals surface area contributed by atoms with E-state index in [1.165, 1.54) is 19.3 Å². The van der Waals surface area contributed by atoms with Gasteiger partial charge in [0.25, 0.3) is 0 Å². The Morgan fingerprint density at radius 1 is 1.12 bits per heavy atom. The van der Waals surface area contributed by atoms with Gasteiger partial charge in [0.05, 0.1) is 39.2 Å². The highest BCUT2D eigenvalue weighted by atomic mass is 16.5. The van der Waals surface area contributed by atoms with Gasteiger partial charge in [-0.05, 0) is 18.8 Å². The van der Waals surface area contributed by atoms with Crippen LogP contribution in [-0.4, -0.2) is 54.4 Å². The molecular weight excluding hydrogens is 314 g/mol. The second-order valence-electron chi connectivity index (χ2n) is 8.85. The van der Waals surface area contributed by atoms with Gasteiger partial charge >= 0.3 is 5.97 Å². The quantitative estimate of drug-likeness (QED) is 0.627. The lowest BCUT2D eigenvalue weighted by molar-refractivity contribution is -0.896. The van der Waals surface area contributed by atoms with Crippen LogP contribution in [0.4, 0.5) is 0 Å². The lowest BCUT2D eigenvalue weighted by Crippen LogP contribution is -2.48. The van der Waals surface area contributed by atoms with Crippen LogP contribution in [0.5, 0.6) is 0 Å². The van der Waals surface area contributed by atoms with Gasteiger partial charge in [-0.1, -0.05) is 43.6 Å². The molecule has 25 heavy (non-hydrogen) atoms. The zero-order chi connectivity index (χ0) is 17.9. The van der Waals surface area contributed by atoms with Crippen molar-refractivity contribution in [1.29, 1.82) is 0 Å². The summed E-state index contributed by atoms with van der Waals surface area (Å²) in [7, 11) is 4.45. The summed E-state index contributed by atoms with van der Waals surface area (Å²) < 4.78 is 6.76. The average molecular weight is 349 g/mol. The zero-order valence-electron chi connectivity index (χ0n) is 15.8. The Morgan fingerprint density at radius 2 is 1.80 bits per heavy atom. The SMILES string of the molecule is C[N+]1(C)CCC(OC(=O)CC2C=CC=CC2(O)C2CCCCC2)CC1. The Bertz CT molecular complexity index is 523. The van der Waals surface area contributed by atoms with Crippen molar-refractivity contribution in [3.8, 4) is 0 Å². The zero-order valence-corrected chi connectivity index (χ0v) is 15.8.